The third-order valence-electron chi connectivity index (χ3n) is 15.8. The number of para-hydroxylation sites is 3. The van der Waals surface area contributed by atoms with Crippen molar-refractivity contribution < 1.29 is 0 Å². The molecule has 0 radical (unpaired) electrons. The van der Waals surface area contributed by atoms with Crippen molar-refractivity contribution in [1.29, 1.82) is 0 Å². The quantitative estimate of drug-likeness (QED) is 0.140. The molecule has 0 bridgehead atoms. The van der Waals surface area contributed by atoms with Gasteiger partial charge in [-0.1, -0.05) is 226 Å². The lowest BCUT2D eigenvalue weighted by atomic mass is 9.79. The maximum Gasteiger partial charge on any atom is 0.0541 e. The topological polar surface area (TPSA) is 8.17 Å². The summed E-state index contributed by atoms with van der Waals surface area (Å²) < 4.78 is 2.42. The van der Waals surface area contributed by atoms with Gasteiger partial charge in [0.1, 0.15) is 0 Å². The van der Waals surface area contributed by atoms with Crippen LogP contribution in [0.2, 0.25) is 0 Å². The van der Waals surface area contributed by atoms with E-state index in [1.165, 1.54) is 105 Å². The summed E-state index contributed by atoms with van der Waals surface area (Å²) in [7, 11) is 0. The zero-order chi connectivity index (χ0) is 50.0. The number of fused-ring (bicyclic) bond motifs is 7. The molecule has 0 unspecified atom stereocenters. The Labute approximate surface area is 438 Å². The van der Waals surface area contributed by atoms with E-state index in [9.17, 15) is 0 Å². The second kappa shape index (κ2) is 17.9. The van der Waals surface area contributed by atoms with Gasteiger partial charge in [0.05, 0.1) is 16.7 Å². The van der Waals surface area contributed by atoms with Crippen LogP contribution in [0.1, 0.15) is 25.0 Å². The molecule has 0 N–H and O–H groups in total. The molecule has 2 heteroatoms. The van der Waals surface area contributed by atoms with Crippen molar-refractivity contribution in [3.05, 3.63) is 290 Å². The summed E-state index contributed by atoms with van der Waals surface area (Å²) in [5.74, 6) is 0. The van der Waals surface area contributed by atoms with Crippen molar-refractivity contribution in [3.63, 3.8) is 0 Å². The molecule has 0 saturated carbocycles. The van der Waals surface area contributed by atoms with Crippen LogP contribution in [0.15, 0.2) is 279 Å². The number of anilines is 3. The van der Waals surface area contributed by atoms with Gasteiger partial charge in [0.2, 0.25) is 0 Å². The minimum absolute atomic E-state index is 0.110. The highest BCUT2D eigenvalue weighted by molar-refractivity contribution is 6.09. The van der Waals surface area contributed by atoms with Crippen LogP contribution in [0.25, 0.3) is 105 Å². The molecule has 1 aliphatic carbocycles. The average Bonchev–Trinajstić information content (AvgIpc) is 3.96. The van der Waals surface area contributed by atoms with Crippen molar-refractivity contribution in [3.8, 4) is 72.4 Å². The van der Waals surface area contributed by atoms with Gasteiger partial charge in [0.15, 0.2) is 0 Å². The number of hydrogen-bond donors (Lipinski definition) is 0. The summed E-state index contributed by atoms with van der Waals surface area (Å²) in [6.07, 6.45) is 0. The summed E-state index contributed by atoms with van der Waals surface area (Å²) in [6.45, 7) is 4.73. The minimum atomic E-state index is -0.110. The fourth-order valence-electron chi connectivity index (χ4n) is 12.1. The fourth-order valence-corrected chi connectivity index (χ4v) is 12.1. The van der Waals surface area contributed by atoms with Crippen LogP contribution >= 0.6 is 0 Å². The molecule has 354 valence electrons. The van der Waals surface area contributed by atoms with E-state index in [0.29, 0.717) is 0 Å². The third kappa shape index (κ3) is 7.56. The lowest BCUT2D eigenvalue weighted by Gasteiger charge is -2.27. The maximum absolute atomic E-state index is 2.42. The van der Waals surface area contributed by atoms with Crippen LogP contribution in [-0.4, -0.2) is 4.57 Å². The first-order chi connectivity index (χ1) is 36.9. The second-order valence-corrected chi connectivity index (χ2v) is 20.5. The fraction of sp³-hybridized carbons (Fsp3) is 0.0411. The maximum atomic E-state index is 2.42. The lowest BCUT2D eigenvalue weighted by Crippen LogP contribution is -2.16. The van der Waals surface area contributed by atoms with E-state index < -0.39 is 0 Å². The predicted octanol–water partition coefficient (Wildman–Crippen LogP) is 20.0. The van der Waals surface area contributed by atoms with Crippen LogP contribution < -0.4 is 4.90 Å². The molecule has 13 aromatic rings. The van der Waals surface area contributed by atoms with Gasteiger partial charge < -0.3 is 9.47 Å². The summed E-state index contributed by atoms with van der Waals surface area (Å²) >= 11 is 0. The number of rotatable bonds is 9. The van der Waals surface area contributed by atoms with Crippen LogP contribution in [0.4, 0.5) is 17.1 Å². The number of hydrogen-bond acceptors (Lipinski definition) is 1. The molecule has 0 fully saturated rings. The van der Waals surface area contributed by atoms with Crippen LogP contribution in [0.3, 0.4) is 0 Å². The Bertz CT molecular complexity index is 4240. The SMILES string of the molecule is CC1(C)c2ccccc2-c2cccc(-c3ccc(N(c4ccc(-c5ccc(-c6cccc(-c7ccc8ccccc8c7)c6)cc5)cc4)c4ccc(-c5ccccc5-n5c6ccccc6c6ccccc65)cc4)cc3)c21. The second-order valence-electron chi connectivity index (χ2n) is 20.5. The molecule has 75 heavy (non-hydrogen) atoms. The van der Waals surface area contributed by atoms with Gasteiger partial charge >= 0.3 is 0 Å². The zero-order valence-electron chi connectivity index (χ0n) is 42.0. The molecule has 1 heterocycles. The molecule has 14 rings (SSSR count). The molecule has 0 saturated heterocycles. The first-order valence-electron chi connectivity index (χ1n) is 26.1. The van der Waals surface area contributed by atoms with Gasteiger partial charge in [-0.2, -0.15) is 0 Å². The Morgan fingerprint density at radius 1 is 0.293 bits per heavy atom. The summed E-state index contributed by atoms with van der Waals surface area (Å²) in [5, 5.41) is 5.03. The molecule has 0 aliphatic heterocycles. The highest BCUT2D eigenvalue weighted by atomic mass is 15.1. The van der Waals surface area contributed by atoms with Crippen molar-refractivity contribution in [2.45, 2.75) is 19.3 Å². The third-order valence-corrected chi connectivity index (χ3v) is 15.8. The van der Waals surface area contributed by atoms with E-state index in [2.05, 4.69) is 302 Å². The molecule has 1 aliphatic rings. The highest BCUT2D eigenvalue weighted by Crippen LogP contribution is 2.52. The number of benzene rings is 12. The van der Waals surface area contributed by atoms with Gasteiger partial charge in [0, 0.05) is 38.8 Å². The van der Waals surface area contributed by atoms with E-state index in [0.717, 1.165) is 28.3 Å². The Hall–Kier alpha value is -9.50. The Morgan fingerprint density at radius 2 is 0.720 bits per heavy atom. The van der Waals surface area contributed by atoms with Gasteiger partial charge in [0.25, 0.3) is 0 Å². The van der Waals surface area contributed by atoms with Crippen molar-refractivity contribution >= 4 is 49.6 Å². The van der Waals surface area contributed by atoms with Crippen LogP contribution in [-0.2, 0) is 5.41 Å². The first kappa shape index (κ1) is 44.2. The molecule has 0 spiro atoms. The van der Waals surface area contributed by atoms with Crippen molar-refractivity contribution in [2.75, 3.05) is 4.90 Å². The normalized spacial score (nSPS) is 12.5. The minimum Gasteiger partial charge on any atom is -0.311 e. The number of nitrogens with zero attached hydrogens (tertiary/aromatic N) is 2. The molecular formula is C73H52N2. The summed E-state index contributed by atoms with van der Waals surface area (Å²) in [5.41, 5.74) is 24.2. The predicted molar refractivity (Wildman–Crippen MR) is 318 cm³/mol. The molecule has 2 nitrogen and oxygen atoms in total. The van der Waals surface area contributed by atoms with Crippen molar-refractivity contribution in [1.82, 2.24) is 4.57 Å². The molecular weight excluding hydrogens is 905 g/mol. The van der Waals surface area contributed by atoms with E-state index in [1.54, 1.807) is 0 Å². The van der Waals surface area contributed by atoms with E-state index in [4.69, 9.17) is 0 Å². The molecule has 0 amide bonds. The molecule has 0 atom stereocenters. The van der Waals surface area contributed by atoms with Gasteiger partial charge in [-0.25, -0.2) is 0 Å². The average molecular weight is 957 g/mol. The van der Waals surface area contributed by atoms with Gasteiger partial charge in [-0.15, -0.1) is 0 Å². The van der Waals surface area contributed by atoms with Gasteiger partial charge in [-0.05, 0) is 150 Å². The molecule has 1 aromatic heterocycles. The van der Waals surface area contributed by atoms with E-state index in [1.807, 2.05) is 0 Å². The Morgan fingerprint density at radius 3 is 1.37 bits per heavy atom. The van der Waals surface area contributed by atoms with E-state index in [-0.39, 0.29) is 5.41 Å². The smallest absolute Gasteiger partial charge is 0.0541 e. The van der Waals surface area contributed by atoms with Crippen molar-refractivity contribution in [2.24, 2.45) is 0 Å². The standard InChI is InChI=1S/C73H52N2/c1-73(2)68-25-9-5-20-64(68)67-24-14-23-63(72(67)73)54-39-45-61(46-40-54)74(60-43-37-53(38-44-60)62-19-6-10-26-69(62)75-70-27-11-7-21-65(70)66-22-8-12-28-71(66)75)59-41-35-51(36-42-59)50-29-31-52(32-30-50)56-17-13-18-57(47-56)58-34-33-49-15-3-4-16-55(49)48-58/h3-48H,1-2H3. The Balaban J connectivity index is 0.812. The van der Waals surface area contributed by atoms with Crippen LogP contribution in [0, 0.1) is 0 Å². The largest absolute Gasteiger partial charge is 0.311 e. The monoisotopic (exact) mass is 956 g/mol. The summed E-state index contributed by atoms with van der Waals surface area (Å²) in [4.78, 5) is 2.39. The molecule has 12 aromatic carbocycles. The first-order valence-corrected chi connectivity index (χ1v) is 26.1. The van der Waals surface area contributed by atoms with Crippen LogP contribution in [0.5, 0.6) is 0 Å². The van der Waals surface area contributed by atoms with Gasteiger partial charge in [-0.3, -0.25) is 0 Å². The van der Waals surface area contributed by atoms with E-state index >= 15 is 0 Å². The highest BCUT2D eigenvalue weighted by Gasteiger charge is 2.37. The summed E-state index contributed by atoms with van der Waals surface area (Å²) in [6, 6.07) is 102. The Kier molecular flexibility index (Phi) is 10.6. The zero-order valence-corrected chi connectivity index (χ0v) is 42.0. The lowest BCUT2D eigenvalue weighted by molar-refractivity contribution is 0.662. The number of aromatic nitrogens is 1.